The molecule has 0 aliphatic carbocycles. The first-order valence-corrected chi connectivity index (χ1v) is 5.96. The van der Waals surface area contributed by atoms with Gasteiger partial charge in [-0.1, -0.05) is 13.2 Å². The molecule has 0 saturated carbocycles. The van der Waals surface area contributed by atoms with Crippen LogP contribution in [0.25, 0.3) is 0 Å². The average molecular weight is 270 g/mol. The van der Waals surface area contributed by atoms with Gasteiger partial charge in [-0.3, -0.25) is 0 Å². The van der Waals surface area contributed by atoms with E-state index in [-0.39, 0.29) is 17.6 Å². The Balaban J connectivity index is 0.000000191. The van der Waals surface area contributed by atoms with Crippen LogP contribution in [0.3, 0.4) is 0 Å². The van der Waals surface area contributed by atoms with Crippen molar-refractivity contribution in [3.63, 3.8) is 0 Å². The largest absolute Gasteiger partial charge is 0.478 e. The number of rotatable bonds is 7. The maximum absolute atomic E-state index is 10.3. The van der Waals surface area contributed by atoms with Gasteiger partial charge in [0.05, 0.1) is 19.3 Å². The maximum atomic E-state index is 10.3. The average Bonchev–Trinajstić information content (AvgIpc) is 3.27. The normalized spacial score (nSPS) is 22.5. The molecule has 0 radical (unpaired) electrons. The van der Waals surface area contributed by atoms with E-state index < -0.39 is 5.97 Å². The highest BCUT2D eigenvalue weighted by Crippen LogP contribution is 2.17. The van der Waals surface area contributed by atoms with Gasteiger partial charge < -0.3 is 19.3 Å². The zero-order valence-corrected chi connectivity index (χ0v) is 10.7. The molecule has 0 bridgehead atoms. The lowest BCUT2D eigenvalue weighted by Gasteiger charge is -1.95. The number of hydrogen-bond donors (Lipinski definition) is 1. The first kappa shape index (κ1) is 15.4. The van der Waals surface area contributed by atoms with Crippen LogP contribution >= 0.6 is 0 Å². The van der Waals surface area contributed by atoms with Crippen molar-refractivity contribution in [1.29, 1.82) is 0 Å². The van der Waals surface area contributed by atoms with Gasteiger partial charge in [-0.05, 0) is 12.8 Å². The minimum Gasteiger partial charge on any atom is -0.478 e. The number of epoxide rings is 2. The molecule has 2 aliphatic heterocycles. The van der Waals surface area contributed by atoms with E-state index in [1.165, 1.54) is 0 Å². The molecule has 0 aromatic carbocycles. The molecule has 0 amide bonds. The van der Waals surface area contributed by atoms with Crippen molar-refractivity contribution in [2.75, 3.05) is 19.8 Å². The van der Waals surface area contributed by atoms with Crippen LogP contribution in [0.5, 0.6) is 0 Å². The Bertz CT molecular complexity index is 354. The highest BCUT2D eigenvalue weighted by atomic mass is 16.6. The van der Waals surface area contributed by atoms with E-state index >= 15 is 0 Å². The Kier molecular flexibility index (Phi) is 6.24. The molecule has 2 saturated heterocycles. The Labute approximate surface area is 111 Å². The molecule has 2 unspecified atom stereocenters. The molecule has 106 valence electrons. The van der Waals surface area contributed by atoms with Crippen molar-refractivity contribution in [3.05, 3.63) is 24.8 Å². The van der Waals surface area contributed by atoms with Crippen LogP contribution in [-0.2, 0) is 23.8 Å². The van der Waals surface area contributed by atoms with Gasteiger partial charge in [0.15, 0.2) is 0 Å². The molecule has 2 heterocycles. The second-order valence-corrected chi connectivity index (χ2v) is 4.19. The van der Waals surface area contributed by atoms with Gasteiger partial charge in [0.1, 0.15) is 12.7 Å². The van der Waals surface area contributed by atoms with E-state index in [0.29, 0.717) is 25.7 Å². The maximum Gasteiger partial charge on any atom is 0.330 e. The summed E-state index contributed by atoms with van der Waals surface area (Å²) in [5.74, 6) is -1.29. The van der Waals surface area contributed by atoms with E-state index in [1.54, 1.807) is 0 Å². The van der Waals surface area contributed by atoms with Crippen molar-refractivity contribution in [2.45, 2.75) is 25.0 Å². The fourth-order valence-corrected chi connectivity index (χ4v) is 1.08. The highest BCUT2D eigenvalue weighted by molar-refractivity contribution is 5.85. The fourth-order valence-electron chi connectivity index (χ4n) is 1.08. The molecule has 1 N–H and O–H groups in total. The van der Waals surface area contributed by atoms with Gasteiger partial charge >= 0.3 is 11.9 Å². The van der Waals surface area contributed by atoms with Crippen LogP contribution in [0.1, 0.15) is 12.8 Å². The van der Waals surface area contributed by atoms with E-state index in [4.69, 9.17) is 14.6 Å². The molecule has 6 nitrogen and oxygen atoms in total. The third-order valence-corrected chi connectivity index (χ3v) is 2.45. The zero-order valence-electron chi connectivity index (χ0n) is 10.7. The molecule has 0 aromatic heterocycles. The number of carbonyl (C=O) groups excluding carboxylic acids is 1. The van der Waals surface area contributed by atoms with Gasteiger partial charge in [-0.25, -0.2) is 9.59 Å². The standard InChI is InChI=1S/C7H10O3.C6H8O3/c1-5(7(8)9)2-3-6-4-10-6;1-2-6(7)9-4-5-3-8-5/h6H,1-4H2,(H,8,9);2,5H,1,3-4H2. The minimum absolute atomic E-state index is 0.147. The molecule has 19 heavy (non-hydrogen) atoms. The Hall–Kier alpha value is -1.66. The number of ether oxygens (including phenoxy) is 3. The van der Waals surface area contributed by atoms with Gasteiger partial charge in [0.25, 0.3) is 0 Å². The molecular formula is C13H18O6. The van der Waals surface area contributed by atoms with Crippen molar-refractivity contribution >= 4 is 11.9 Å². The lowest BCUT2D eigenvalue weighted by molar-refractivity contribution is -0.138. The second kappa shape index (κ2) is 7.70. The van der Waals surface area contributed by atoms with Crippen molar-refractivity contribution in [2.24, 2.45) is 0 Å². The minimum atomic E-state index is -0.902. The summed E-state index contributed by atoms with van der Waals surface area (Å²) in [6.45, 7) is 8.51. The van der Waals surface area contributed by atoms with Crippen LogP contribution in [0.15, 0.2) is 24.8 Å². The topological polar surface area (TPSA) is 88.7 Å². The van der Waals surface area contributed by atoms with E-state index in [2.05, 4.69) is 17.9 Å². The number of aliphatic carboxylic acids is 1. The van der Waals surface area contributed by atoms with Gasteiger partial charge in [0, 0.05) is 11.6 Å². The fraction of sp³-hybridized carbons (Fsp3) is 0.538. The highest BCUT2D eigenvalue weighted by Gasteiger charge is 2.23. The van der Waals surface area contributed by atoms with Crippen LogP contribution in [0.2, 0.25) is 0 Å². The quantitative estimate of drug-likeness (QED) is 0.420. The summed E-state index contributed by atoms with van der Waals surface area (Å²) < 4.78 is 14.3. The molecule has 2 aliphatic rings. The van der Waals surface area contributed by atoms with Gasteiger partial charge in [-0.2, -0.15) is 0 Å². The Morgan fingerprint density at radius 3 is 2.32 bits per heavy atom. The molecule has 0 spiro atoms. The number of hydrogen-bond acceptors (Lipinski definition) is 5. The van der Waals surface area contributed by atoms with Gasteiger partial charge in [-0.15, -0.1) is 0 Å². The first-order valence-electron chi connectivity index (χ1n) is 5.96. The summed E-state index contributed by atoms with van der Waals surface area (Å²) in [6, 6.07) is 0. The van der Waals surface area contributed by atoms with Crippen LogP contribution in [0.4, 0.5) is 0 Å². The molecule has 2 rings (SSSR count). The van der Waals surface area contributed by atoms with E-state index in [0.717, 1.165) is 19.1 Å². The van der Waals surface area contributed by atoms with Crippen molar-refractivity contribution in [1.82, 2.24) is 0 Å². The monoisotopic (exact) mass is 270 g/mol. The lowest BCUT2D eigenvalue weighted by atomic mass is 10.1. The predicted molar refractivity (Wildman–Crippen MR) is 66.6 cm³/mol. The molecular weight excluding hydrogens is 252 g/mol. The smallest absolute Gasteiger partial charge is 0.330 e. The second-order valence-electron chi connectivity index (χ2n) is 4.19. The van der Waals surface area contributed by atoms with Crippen LogP contribution in [0, 0.1) is 0 Å². The number of esters is 1. The summed E-state index contributed by atoms with van der Waals surface area (Å²) in [5.41, 5.74) is 0.274. The number of carbonyl (C=O) groups is 2. The number of carboxylic acid groups (broad SMARTS) is 1. The van der Waals surface area contributed by atoms with Crippen molar-refractivity contribution in [3.8, 4) is 0 Å². The van der Waals surface area contributed by atoms with Crippen molar-refractivity contribution < 1.29 is 28.9 Å². The lowest BCUT2D eigenvalue weighted by Crippen LogP contribution is -2.06. The Morgan fingerprint density at radius 1 is 1.32 bits per heavy atom. The molecule has 2 fully saturated rings. The zero-order chi connectivity index (χ0) is 14.3. The first-order chi connectivity index (χ1) is 9.02. The summed E-state index contributed by atoms with van der Waals surface area (Å²) in [5, 5.41) is 8.37. The SMILES string of the molecule is C=C(CCC1CO1)C(=O)O.C=CC(=O)OCC1CO1. The van der Waals surface area contributed by atoms with E-state index in [1.807, 2.05) is 0 Å². The number of carboxylic acids is 1. The summed E-state index contributed by atoms with van der Waals surface area (Å²) >= 11 is 0. The van der Waals surface area contributed by atoms with Gasteiger partial charge in [0.2, 0.25) is 0 Å². The predicted octanol–water partition coefficient (Wildman–Crippen LogP) is 0.921. The van der Waals surface area contributed by atoms with Crippen LogP contribution in [-0.4, -0.2) is 49.1 Å². The molecule has 0 aromatic rings. The molecule has 6 heteroatoms. The summed E-state index contributed by atoms with van der Waals surface area (Å²) in [7, 11) is 0. The van der Waals surface area contributed by atoms with Crippen LogP contribution < -0.4 is 0 Å². The third-order valence-electron chi connectivity index (χ3n) is 2.45. The third kappa shape index (κ3) is 8.12. The van der Waals surface area contributed by atoms with E-state index in [9.17, 15) is 9.59 Å². The molecule has 2 atom stereocenters. The Morgan fingerprint density at radius 2 is 1.89 bits per heavy atom. The summed E-state index contributed by atoms with van der Waals surface area (Å²) in [4.78, 5) is 20.5. The summed E-state index contributed by atoms with van der Waals surface area (Å²) in [6.07, 6.45) is 2.93.